The summed E-state index contributed by atoms with van der Waals surface area (Å²) < 4.78 is 52.0. The monoisotopic (exact) mass is 354 g/mol. The summed E-state index contributed by atoms with van der Waals surface area (Å²) >= 11 is 3.17. The van der Waals surface area contributed by atoms with E-state index in [0.29, 0.717) is 36.2 Å². The van der Waals surface area contributed by atoms with Crippen molar-refractivity contribution in [2.75, 3.05) is 26.2 Å². The number of nitrogens with one attached hydrogen (secondary N) is 1. The van der Waals surface area contributed by atoms with E-state index in [9.17, 15) is 17.6 Å². The van der Waals surface area contributed by atoms with E-state index in [1.165, 1.54) is 18.2 Å². The highest BCUT2D eigenvalue weighted by Gasteiger charge is 2.36. The summed E-state index contributed by atoms with van der Waals surface area (Å²) in [5.74, 6) is -0.466. The lowest BCUT2D eigenvalue weighted by Crippen LogP contribution is -2.46. The maximum Gasteiger partial charge on any atom is 0.390 e. The second-order valence-corrected chi connectivity index (χ2v) is 5.64. The van der Waals surface area contributed by atoms with E-state index in [0.717, 1.165) is 0 Å². The van der Waals surface area contributed by atoms with E-state index in [2.05, 4.69) is 21.2 Å². The van der Waals surface area contributed by atoms with Gasteiger partial charge in [0.05, 0.1) is 6.42 Å². The Morgan fingerprint density at radius 1 is 1.25 bits per heavy atom. The Morgan fingerprint density at radius 3 is 2.45 bits per heavy atom. The summed E-state index contributed by atoms with van der Waals surface area (Å²) in [5, 5.41) is 3.11. The van der Waals surface area contributed by atoms with Crippen molar-refractivity contribution in [2.24, 2.45) is 0 Å². The van der Waals surface area contributed by atoms with E-state index in [1.807, 2.05) is 0 Å². The van der Waals surface area contributed by atoms with E-state index >= 15 is 0 Å². The van der Waals surface area contributed by atoms with Crippen molar-refractivity contribution in [3.8, 4) is 0 Å². The summed E-state index contributed by atoms with van der Waals surface area (Å²) in [5.41, 5.74) is 0.477. The van der Waals surface area contributed by atoms with Crippen LogP contribution in [0.15, 0.2) is 22.7 Å². The van der Waals surface area contributed by atoms with Crippen LogP contribution >= 0.6 is 15.9 Å². The molecule has 1 aliphatic heterocycles. The first kappa shape index (κ1) is 15.7. The van der Waals surface area contributed by atoms with Crippen LogP contribution in [0.25, 0.3) is 0 Å². The SMILES string of the molecule is Fc1ccc([C@@H](CC(F)(F)F)N2CCNCC2)c(Br)c1. The molecule has 0 bridgehead atoms. The maximum atomic E-state index is 13.1. The Kier molecular flexibility index (Phi) is 5.04. The Bertz CT molecular complexity index is 458. The number of halogens is 5. The average Bonchev–Trinajstić information content (AvgIpc) is 2.36. The zero-order chi connectivity index (χ0) is 14.8. The highest BCUT2D eigenvalue weighted by molar-refractivity contribution is 9.10. The molecule has 1 aromatic carbocycles. The van der Waals surface area contributed by atoms with Gasteiger partial charge < -0.3 is 5.32 Å². The molecule has 7 heteroatoms. The molecule has 2 nitrogen and oxygen atoms in total. The minimum absolute atomic E-state index is 0.380. The molecule has 0 amide bonds. The first-order valence-corrected chi connectivity index (χ1v) is 7.12. The zero-order valence-corrected chi connectivity index (χ0v) is 12.3. The zero-order valence-electron chi connectivity index (χ0n) is 10.7. The normalized spacial score (nSPS) is 19.1. The fourth-order valence-corrected chi connectivity index (χ4v) is 3.04. The Labute approximate surface area is 123 Å². The highest BCUT2D eigenvalue weighted by atomic mass is 79.9. The molecular formula is C13H15BrF4N2. The number of rotatable bonds is 3. The number of nitrogens with zero attached hydrogens (tertiary/aromatic N) is 1. The van der Waals surface area contributed by atoms with Gasteiger partial charge in [-0.15, -0.1) is 0 Å². The number of piperazine rings is 1. The van der Waals surface area contributed by atoms with E-state index in [-0.39, 0.29) is 0 Å². The summed E-state index contributed by atoms with van der Waals surface area (Å²) in [6.45, 7) is 2.41. The Balaban J connectivity index is 2.29. The molecule has 1 fully saturated rings. The van der Waals surface area contributed by atoms with Gasteiger partial charge in [0, 0.05) is 36.7 Å². The van der Waals surface area contributed by atoms with Crippen molar-refractivity contribution < 1.29 is 17.6 Å². The molecule has 20 heavy (non-hydrogen) atoms. The molecule has 1 aromatic rings. The standard InChI is InChI=1S/C13H15BrF4N2/c14-11-7-9(15)1-2-10(11)12(8-13(16,17)18)20-5-3-19-4-6-20/h1-2,7,12,19H,3-6,8H2/t12-/m1/s1. The predicted molar refractivity (Wildman–Crippen MR) is 72.0 cm³/mol. The smallest absolute Gasteiger partial charge is 0.314 e. The van der Waals surface area contributed by atoms with Gasteiger partial charge in [-0.3, -0.25) is 4.90 Å². The molecule has 1 atom stereocenters. The van der Waals surface area contributed by atoms with Crippen molar-refractivity contribution >= 4 is 15.9 Å². The van der Waals surface area contributed by atoms with Crippen molar-refractivity contribution in [1.29, 1.82) is 0 Å². The van der Waals surface area contributed by atoms with Crippen molar-refractivity contribution in [3.63, 3.8) is 0 Å². The maximum absolute atomic E-state index is 13.1. The predicted octanol–water partition coefficient (Wildman–Crippen LogP) is 3.49. The van der Waals surface area contributed by atoms with E-state index < -0.39 is 24.5 Å². The van der Waals surface area contributed by atoms with E-state index in [4.69, 9.17) is 0 Å². The van der Waals surface area contributed by atoms with Crippen LogP contribution in [-0.4, -0.2) is 37.3 Å². The molecule has 0 saturated carbocycles. The van der Waals surface area contributed by atoms with Gasteiger partial charge in [-0.25, -0.2) is 4.39 Å². The third-order valence-corrected chi connectivity index (χ3v) is 4.03. The average molecular weight is 355 g/mol. The van der Waals surface area contributed by atoms with Crippen LogP contribution in [-0.2, 0) is 0 Å². The molecule has 0 radical (unpaired) electrons. The van der Waals surface area contributed by atoms with Gasteiger partial charge >= 0.3 is 6.18 Å². The van der Waals surface area contributed by atoms with Gasteiger partial charge in [-0.1, -0.05) is 22.0 Å². The van der Waals surface area contributed by atoms with Crippen molar-refractivity contribution in [3.05, 3.63) is 34.1 Å². The van der Waals surface area contributed by atoms with Crippen LogP contribution in [0.1, 0.15) is 18.0 Å². The highest BCUT2D eigenvalue weighted by Crippen LogP contribution is 2.37. The fraction of sp³-hybridized carbons (Fsp3) is 0.538. The molecular weight excluding hydrogens is 340 g/mol. The summed E-state index contributed by atoms with van der Waals surface area (Å²) in [7, 11) is 0. The second kappa shape index (κ2) is 6.41. The topological polar surface area (TPSA) is 15.3 Å². The van der Waals surface area contributed by atoms with Gasteiger partial charge in [0.2, 0.25) is 0 Å². The molecule has 0 aromatic heterocycles. The van der Waals surface area contributed by atoms with Crippen LogP contribution in [0.2, 0.25) is 0 Å². The summed E-state index contributed by atoms with van der Waals surface area (Å²) in [4.78, 5) is 1.79. The minimum atomic E-state index is -4.26. The Morgan fingerprint density at radius 2 is 1.90 bits per heavy atom. The third-order valence-electron chi connectivity index (χ3n) is 3.34. The van der Waals surface area contributed by atoms with Crippen LogP contribution in [0.5, 0.6) is 0 Å². The van der Waals surface area contributed by atoms with Crippen molar-refractivity contribution in [2.45, 2.75) is 18.6 Å². The van der Waals surface area contributed by atoms with Crippen LogP contribution in [0.3, 0.4) is 0 Å². The summed E-state index contributed by atoms with van der Waals surface area (Å²) in [6, 6.07) is 3.05. The van der Waals surface area contributed by atoms with Crippen LogP contribution in [0, 0.1) is 5.82 Å². The van der Waals surface area contributed by atoms with E-state index in [1.54, 1.807) is 4.90 Å². The van der Waals surface area contributed by atoms with Gasteiger partial charge in [0.15, 0.2) is 0 Å². The van der Waals surface area contributed by atoms with Crippen LogP contribution in [0.4, 0.5) is 17.6 Å². The van der Waals surface area contributed by atoms with Crippen molar-refractivity contribution in [1.82, 2.24) is 10.2 Å². The third kappa shape index (κ3) is 4.17. The van der Waals surface area contributed by atoms with Crippen LogP contribution < -0.4 is 5.32 Å². The largest absolute Gasteiger partial charge is 0.390 e. The molecule has 0 spiro atoms. The quantitative estimate of drug-likeness (QED) is 0.836. The second-order valence-electron chi connectivity index (χ2n) is 4.79. The molecule has 1 saturated heterocycles. The lowest BCUT2D eigenvalue weighted by Gasteiger charge is -2.36. The number of hydrogen-bond donors (Lipinski definition) is 1. The fourth-order valence-electron chi connectivity index (χ4n) is 2.42. The minimum Gasteiger partial charge on any atom is -0.314 e. The first-order valence-electron chi connectivity index (χ1n) is 6.33. The van der Waals surface area contributed by atoms with Gasteiger partial charge in [-0.05, 0) is 17.7 Å². The number of hydrogen-bond acceptors (Lipinski definition) is 2. The molecule has 1 aliphatic rings. The van der Waals surface area contributed by atoms with Gasteiger partial charge in [0.1, 0.15) is 5.82 Å². The molecule has 1 heterocycles. The number of alkyl halides is 3. The van der Waals surface area contributed by atoms with Gasteiger partial charge in [0.25, 0.3) is 0 Å². The summed E-state index contributed by atoms with van der Waals surface area (Å²) in [6.07, 6.45) is -5.19. The lowest BCUT2D eigenvalue weighted by molar-refractivity contribution is -0.148. The molecule has 0 aliphatic carbocycles. The first-order chi connectivity index (χ1) is 9.37. The van der Waals surface area contributed by atoms with Gasteiger partial charge in [-0.2, -0.15) is 13.2 Å². The molecule has 1 N–H and O–H groups in total. The molecule has 2 rings (SSSR count). The lowest BCUT2D eigenvalue weighted by atomic mass is 10.0. The molecule has 112 valence electrons. The number of benzene rings is 1. The molecule has 0 unspecified atom stereocenters. The Hall–Kier alpha value is -0.660.